The van der Waals surface area contributed by atoms with E-state index in [-0.39, 0.29) is 6.04 Å². The van der Waals surface area contributed by atoms with E-state index in [1.807, 2.05) is 12.1 Å². The Balaban J connectivity index is 2.65. The van der Waals surface area contributed by atoms with Crippen LogP contribution in [-0.4, -0.2) is 0 Å². The summed E-state index contributed by atoms with van der Waals surface area (Å²) in [4.78, 5) is 0. The largest absolute Gasteiger partial charge is 0.324 e. The molecule has 0 aliphatic heterocycles. The summed E-state index contributed by atoms with van der Waals surface area (Å²) < 4.78 is 0.945. The fraction of sp³-hybridized carbons (Fsp3) is 0.300. The quantitative estimate of drug-likeness (QED) is 0.752. The molecule has 1 aromatic rings. The van der Waals surface area contributed by atoms with Gasteiger partial charge in [-0.05, 0) is 36.1 Å². The molecule has 2 rings (SSSR count). The van der Waals surface area contributed by atoms with Gasteiger partial charge in [0.25, 0.3) is 0 Å². The molecule has 0 spiro atoms. The van der Waals surface area contributed by atoms with Crippen molar-refractivity contribution in [3.05, 3.63) is 33.3 Å². The third-order valence-corrected chi connectivity index (χ3v) is 2.93. The Kier molecular flexibility index (Phi) is 2.10. The van der Waals surface area contributed by atoms with Crippen LogP contribution in [-0.2, 0) is 6.42 Å². The zero-order valence-corrected chi connectivity index (χ0v) is 8.63. The minimum absolute atomic E-state index is 0.111. The lowest BCUT2D eigenvalue weighted by atomic mass is 10.0. The third kappa shape index (κ3) is 1.37. The molecule has 2 nitrogen and oxygen atoms in total. The number of hydrogen-bond acceptors (Lipinski definition) is 2. The van der Waals surface area contributed by atoms with Gasteiger partial charge >= 0.3 is 0 Å². The predicted octanol–water partition coefficient (Wildman–Crippen LogP) is 2.27. The molecule has 0 aromatic heterocycles. The van der Waals surface area contributed by atoms with Crippen molar-refractivity contribution >= 4 is 15.9 Å². The van der Waals surface area contributed by atoms with Gasteiger partial charge in [0.05, 0.1) is 11.6 Å². The van der Waals surface area contributed by atoms with E-state index in [1.54, 1.807) is 0 Å². The Bertz CT molecular complexity index is 393. The van der Waals surface area contributed by atoms with Gasteiger partial charge in [-0.2, -0.15) is 5.26 Å². The van der Waals surface area contributed by atoms with Gasteiger partial charge in [0, 0.05) is 10.5 Å². The van der Waals surface area contributed by atoms with E-state index in [0.717, 1.165) is 34.0 Å². The summed E-state index contributed by atoms with van der Waals surface area (Å²) in [6.07, 6.45) is 1.90. The van der Waals surface area contributed by atoms with Crippen LogP contribution in [0.4, 0.5) is 0 Å². The Morgan fingerprint density at radius 2 is 2.31 bits per heavy atom. The molecule has 3 heteroatoms. The first-order valence-electron chi connectivity index (χ1n) is 4.20. The van der Waals surface area contributed by atoms with Crippen molar-refractivity contribution in [3.8, 4) is 6.07 Å². The predicted molar refractivity (Wildman–Crippen MR) is 54.1 cm³/mol. The van der Waals surface area contributed by atoms with Crippen molar-refractivity contribution in [1.82, 2.24) is 0 Å². The summed E-state index contributed by atoms with van der Waals surface area (Å²) in [5.41, 5.74) is 8.94. The van der Waals surface area contributed by atoms with Crippen molar-refractivity contribution in [2.75, 3.05) is 0 Å². The summed E-state index contributed by atoms with van der Waals surface area (Å²) in [5.74, 6) is 0. The van der Waals surface area contributed by atoms with Gasteiger partial charge in [0.15, 0.2) is 0 Å². The maximum absolute atomic E-state index is 8.90. The molecular weight excluding hydrogens is 228 g/mol. The first-order valence-corrected chi connectivity index (χ1v) is 4.99. The molecule has 0 saturated heterocycles. The molecule has 1 aromatic carbocycles. The fourth-order valence-electron chi connectivity index (χ4n) is 1.82. The lowest BCUT2D eigenvalue weighted by Crippen LogP contribution is -2.05. The number of nitrogens with two attached hydrogens (primary N) is 1. The van der Waals surface area contributed by atoms with Gasteiger partial charge in [-0.3, -0.25) is 0 Å². The van der Waals surface area contributed by atoms with Gasteiger partial charge in [-0.1, -0.05) is 15.9 Å². The molecule has 0 amide bonds. The molecule has 1 aliphatic rings. The minimum atomic E-state index is 0.111. The normalized spacial score (nSPS) is 19.6. The highest BCUT2D eigenvalue weighted by Gasteiger charge is 2.22. The molecule has 0 heterocycles. The molecule has 0 radical (unpaired) electrons. The summed E-state index contributed by atoms with van der Waals surface area (Å²) in [6, 6.07) is 6.19. The molecule has 13 heavy (non-hydrogen) atoms. The fourth-order valence-corrected chi connectivity index (χ4v) is 2.30. The van der Waals surface area contributed by atoms with Gasteiger partial charge in [0.1, 0.15) is 0 Å². The van der Waals surface area contributed by atoms with E-state index in [1.165, 1.54) is 0 Å². The van der Waals surface area contributed by atoms with Crippen LogP contribution in [0.2, 0.25) is 0 Å². The van der Waals surface area contributed by atoms with Crippen molar-refractivity contribution < 1.29 is 0 Å². The van der Waals surface area contributed by atoms with Crippen LogP contribution in [0.15, 0.2) is 16.6 Å². The zero-order valence-electron chi connectivity index (χ0n) is 7.05. The molecule has 0 bridgehead atoms. The summed E-state index contributed by atoms with van der Waals surface area (Å²) >= 11 is 3.38. The first kappa shape index (κ1) is 8.74. The second-order valence-electron chi connectivity index (χ2n) is 3.28. The van der Waals surface area contributed by atoms with Crippen LogP contribution in [0.25, 0.3) is 0 Å². The Morgan fingerprint density at radius 1 is 1.54 bits per heavy atom. The van der Waals surface area contributed by atoms with E-state index in [0.29, 0.717) is 0 Å². The van der Waals surface area contributed by atoms with E-state index in [2.05, 4.69) is 22.0 Å². The molecule has 66 valence electrons. The molecule has 0 unspecified atom stereocenters. The topological polar surface area (TPSA) is 49.8 Å². The average Bonchev–Trinajstić information content (AvgIpc) is 2.47. The van der Waals surface area contributed by atoms with E-state index < -0.39 is 0 Å². The SMILES string of the molecule is N#Cc1cc(Br)cc2c1CC[C@@H]2N. The lowest BCUT2D eigenvalue weighted by Gasteiger charge is -2.06. The number of benzene rings is 1. The summed E-state index contributed by atoms with van der Waals surface area (Å²) in [6.45, 7) is 0. The van der Waals surface area contributed by atoms with Crippen LogP contribution in [0, 0.1) is 11.3 Å². The van der Waals surface area contributed by atoms with Crippen LogP contribution >= 0.6 is 15.9 Å². The number of nitrogens with zero attached hydrogens (tertiary/aromatic N) is 1. The van der Waals surface area contributed by atoms with Crippen molar-refractivity contribution in [2.24, 2.45) is 5.73 Å². The highest BCUT2D eigenvalue weighted by Crippen LogP contribution is 2.33. The van der Waals surface area contributed by atoms with Crippen LogP contribution in [0.1, 0.15) is 29.2 Å². The number of hydrogen-bond donors (Lipinski definition) is 1. The highest BCUT2D eigenvalue weighted by molar-refractivity contribution is 9.10. The molecule has 1 aliphatic carbocycles. The molecule has 2 N–H and O–H groups in total. The number of nitriles is 1. The van der Waals surface area contributed by atoms with Crippen molar-refractivity contribution in [1.29, 1.82) is 5.26 Å². The Labute approximate surface area is 85.5 Å². The highest BCUT2D eigenvalue weighted by atomic mass is 79.9. The van der Waals surface area contributed by atoms with Gasteiger partial charge in [0.2, 0.25) is 0 Å². The third-order valence-electron chi connectivity index (χ3n) is 2.47. The molecule has 0 saturated carbocycles. The Hall–Kier alpha value is -0.850. The maximum atomic E-state index is 8.90. The monoisotopic (exact) mass is 236 g/mol. The van der Waals surface area contributed by atoms with Crippen LogP contribution in [0.3, 0.4) is 0 Å². The minimum Gasteiger partial charge on any atom is -0.324 e. The number of halogens is 1. The summed E-state index contributed by atoms with van der Waals surface area (Å²) in [7, 11) is 0. The van der Waals surface area contributed by atoms with Gasteiger partial charge < -0.3 is 5.73 Å². The van der Waals surface area contributed by atoms with Gasteiger partial charge in [-0.15, -0.1) is 0 Å². The van der Waals surface area contributed by atoms with E-state index >= 15 is 0 Å². The zero-order chi connectivity index (χ0) is 9.42. The number of fused-ring (bicyclic) bond motifs is 1. The molecule has 0 fully saturated rings. The summed E-state index contributed by atoms with van der Waals surface area (Å²) in [5, 5.41) is 8.90. The maximum Gasteiger partial charge on any atom is 0.0995 e. The van der Waals surface area contributed by atoms with Crippen LogP contribution < -0.4 is 5.73 Å². The second kappa shape index (κ2) is 3.13. The van der Waals surface area contributed by atoms with E-state index in [9.17, 15) is 0 Å². The van der Waals surface area contributed by atoms with Gasteiger partial charge in [-0.25, -0.2) is 0 Å². The smallest absolute Gasteiger partial charge is 0.0995 e. The van der Waals surface area contributed by atoms with Crippen molar-refractivity contribution in [3.63, 3.8) is 0 Å². The average molecular weight is 237 g/mol. The Morgan fingerprint density at radius 3 is 3.00 bits per heavy atom. The van der Waals surface area contributed by atoms with Crippen molar-refractivity contribution in [2.45, 2.75) is 18.9 Å². The second-order valence-corrected chi connectivity index (χ2v) is 4.19. The van der Waals surface area contributed by atoms with E-state index in [4.69, 9.17) is 11.0 Å². The molecule has 1 atom stereocenters. The standard InChI is InChI=1S/C10H9BrN2/c11-7-3-6(5-12)8-1-2-10(13)9(8)4-7/h3-4,10H,1-2,13H2/t10-/m0/s1. The first-order chi connectivity index (χ1) is 6.22. The van der Waals surface area contributed by atoms with Crippen LogP contribution in [0.5, 0.6) is 0 Å². The number of rotatable bonds is 0. The molecular formula is C10H9BrN2. The lowest BCUT2D eigenvalue weighted by molar-refractivity contribution is 0.713.